The molecule has 154 valence electrons. The molecule has 0 aliphatic carbocycles. The molecule has 4 heterocycles. The molecule has 4 rings (SSSR count). The third-order valence-corrected chi connectivity index (χ3v) is 5.21. The SMILES string of the molecule is C[C@@H]1CCN(c2cccc(C(F)(F)F)n2)C[C@H]1c1cc(C(F)F)nc2ncnn12. The molecule has 0 N–H and O–H groups in total. The van der Waals surface area contributed by atoms with Crippen LogP contribution in [0.4, 0.5) is 27.8 Å². The number of halogens is 5. The average Bonchev–Trinajstić information content (AvgIpc) is 3.16. The van der Waals surface area contributed by atoms with Crippen molar-refractivity contribution >= 4 is 11.6 Å². The molecule has 0 bridgehead atoms. The van der Waals surface area contributed by atoms with Crippen LogP contribution < -0.4 is 4.90 Å². The summed E-state index contributed by atoms with van der Waals surface area (Å²) in [5.41, 5.74) is -0.860. The van der Waals surface area contributed by atoms with Crippen LogP contribution in [0.25, 0.3) is 5.78 Å². The standard InChI is InChI=1S/C18H17F5N6/c1-10-5-6-28(15-4-2-3-14(27-15)18(21,22)23)8-11(10)13-7-12(16(19)20)26-17-24-9-25-29(13)17/h2-4,7,9-11,16H,5-6,8H2,1H3/t10-,11-/m1/s1. The van der Waals surface area contributed by atoms with Gasteiger partial charge in [0.25, 0.3) is 12.2 Å². The van der Waals surface area contributed by atoms with Crippen LogP contribution in [0.1, 0.15) is 42.8 Å². The Morgan fingerprint density at radius 1 is 1.17 bits per heavy atom. The van der Waals surface area contributed by atoms with E-state index in [-0.39, 0.29) is 23.4 Å². The Kier molecular flexibility index (Phi) is 4.83. The quantitative estimate of drug-likeness (QED) is 0.606. The predicted molar refractivity (Wildman–Crippen MR) is 93.7 cm³/mol. The van der Waals surface area contributed by atoms with Crippen LogP contribution in [0.5, 0.6) is 0 Å². The van der Waals surface area contributed by atoms with E-state index in [0.717, 1.165) is 6.07 Å². The van der Waals surface area contributed by atoms with Crippen LogP contribution in [0, 0.1) is 5.92 Å². The van der Waals surface area contributed by atoms with Gasteiger partial charge in [0.15, 0.2) is 0 Å². The number of piperidine rings is 1. The molecule has 2 atom stereocenters. The van der Waals surface area contributed by atoms with E-state index in [9.17, 15) is 22.0 Å². The molecule has 11 heteroatoms. The molecule has 6 nitrogen and oxygen atoms in total. The molecule has 0 amide bonds. The highest BCUT2D eigenvalue weighted by molar-refractivity contribution is 5.42. The van der Waals surface area contributed by atoms with Crippen molar-refractivity contribution in [3.8, 4) is 0 Å². The Morgan fingerprint density at radius 2 is 1.97 bits per heavy atom. The molecule has 0 saturated carbocycles. The molecule has 3 aromatic heterocycles. The maximum absolute atomic E-state index is 13.3. The van der Waals surface area contributed by atoms with Gasteiger partial charge < -0.3 is 4.90 Å². The van der Waals surface area contributed by atoms with E-state index in [2.05, 4.69) is 20.1 Å². The topological polar surface area (TPSA) is 59.2 Å². The van der Waals surface area contributed by atoms with Crippen molar-refractivity contribution in [3.05, 3.63) is 47.7 Å². The van der Waals surface area contributed by atoms with Crippen molar-refractivity contribution in [2.75, 3.05) is 18.0 Å². The number of anilines is 1. The molecule has 1 saturated heterocycles. The highest BCUT2D eigenvalue weighted by atomic mass is 19.4. The minimum Gasteiger partial charge on any atom is -0.356 e. The summed E-state index contributed by atoms with van der Waals surface area (Å²) in [6.07, 6.45) is -5.41. The normalized spacial score (nSPS) is 20.6. The summed E-state index contributed by atoms with van der Waals surface area (Å²) >= 11 is 0. The minimum absolute atomic E-state index is 0.0688. The molecule has 0 unspecified atom stereocenters. The van der Waals surface area contributed by atoms with Gasteiger partial charge in [0.05, 0.1) is 5.69 Å². The highest BCUT2D eigenvalue weighted by Crippen LogP contribution is 2.36. The molecule has 3 aromatic rings. The van der Waals surface area contributed by atoms with Crippen molar-refractivity contribution < 1.29 is 22.0 Å². The minimum atomic E-state index is -4.54. The first-order valence-electron chi connectivity index (χ1n) is 9.02. The number of pyridine rings is 1. The number of nitrogens with zero attached hydrogens (tertiary/aromatic N) is 6. The van der Waals surface area contributed by atoms with Gasteiger partial charge in [-0.25, -0.2) is 23.3 Å². The Hall–Kier alpha value is -2.85. The van der Waals surface area contributed by atoms with Crippen molar-refractivity contribution in [2.24, 2.45) is 5.92 Å². The lowest BCUT2D eigenvalue weighted by Gasteiger charge is -2.38. The van der Waals surface area contributed by atoms with E-state index >= 15 is 0 Å². The first-order chi connectivity index (χ1) is 13.7. The van der Waals surface area contributed by atoms with Gasteiger partial charge in [-0.15, -0.1) is 0 Å². The van der Waals surface area contributed by atoms with Crippen LogP contribution in [-0.4, -0.2) is 37.7 Å². The fourth-order valence-electron chi connectivity index (χ4n) is 3.65. The molecular weight excluding hydrogens is 395 g/mol. The van der Waals surface area contributed by atoms with Crippen molar-refractivity contribution in [1.29, 1.82) is 0 Å². The van der Waals surface area contributed by atoms with E-state index < -0.39 is 24.0 Å². The van der Waals surface area contributed by atoms with Gasteiger partial charge >= 0.3 is 6.18 Å². The van der Waals surface area contributed by atoms with E-state index in [4.69, 9.17) is 0 Å². The maximum atomic E-state index is 13.3. The van der Waals surface area contributed by atoms with Crippen molar-refractivity contribution in [3.63, 3.8) is 0 Å². The molecule has 1 aliphatic rings. The third-order valence-electron chi connectivity index (χ3n) is 5.21. The number of hydrogen-bond acceptors (Lipinski definition) is 5. The summed E-state index contributed by atoms with van der Waals surface area (Å²) in [4.78, 5) is 13.2. The van der Waals surface area contributed by atoms with Crippen molar-refractivity contribution in [1.82, 2.24) is 24.6 Å². The Morgan fingerprint density at radius 3 is 2.69 bits per heavy atom. The third kappa shape index (κ3) is 3.73. The number of fused-ring (bicyclic) bond motifs is 1. The van der Waals surface area contributed by atoms with E-state index in [0.29, 0.717) is 25.2 Å². The van der Waals surface area contributed by atoms with Gasteiger partial charge in [-0.3, -0.25) is 0 Å². The Balaban J connectivity index is 1.71. The van der Waals surface area contributed by atoms with Crippen LogP contribution in [0.2, 0.25) is 0 Å². The zero-order valence-corrected chi connectivity index (χ0v) is 15.3. The smallest absolute Gasteiger partial charge is 0.356 e. The lowest BCUT2D eigenvalue weighted by Crippen LogP contribution is -2.40. The van der Waals surface area contributed by atoms with Gasteiger partial charge in [0, 0.05) is 19.0 Å². The number of rotatable bonds is 3. The molecule has 29 heavy (non-hydrogen) atoms. The number of hydrogen-bond donors (Lipinski definition) is 0. The first-order valence-corrected chi connectivity index (χ1v) is 9.02. The fourth-order valence-corrected chi connectivity index (χ4v) is 3.65. The summed E-state index contributed by atoms with van der Waals surface area (Å²) in [6, 6.07) is 5.06. The van der Waals surface area contributed by atoms with E-state index in [1.165, 1.54) is 29.0 Å². The van der Waals surface area contributed by atoms with Crippen LogP contribution >= 0.6 is 0 Å². The monoisotopic (exact) mass is 412 g/mol. The molecular formula is C18H17F5N6. The molecule has 0 spiro atoms. The van der Waals surface area contributed by atoms with Crippen LogP contribution in [-0.2, 0) is 6.18 Å². The Labute approximate surface area is 162 Å². The largest absolute Gasteiger partial charge is 0.433 e. The molecule has 0 aromatic carbocycles. The maximum Gasteiger partial charge on any atom is 0.433 e. The second kappa shape index (κ2) is 7.20. The second-order valence-electron chi connectivity index (χ2n) is 7.08. The second-order valence-corrected chi connectivity index (χ2v) is 7.08. The lowest BCUT2D eigenvalue weighted by atomic mass is 9.84. The Bertz CT molecular complexity index is 1020. The van der Waals surface area contributed by atoms with Crippen molar-refractivity contribution in [2.45, 2.75) is 31.9 Å². The van der Waals surface area contributed by atoms with Gasteiger partial charge in [0.2, 0.25) is 0 Å². The van der Waals surface area contributed by atoms with Gasteiger partial charge in [0.1, 0.15) is 23.5 Å². The number of alkyl halides is 5. The van der Waals surface area contributed by atoms with Crippen LogP contribution in [0.15, 0.2) is 30.6 Å². The van der Waals surface area contributed by atoms with E-state index in [1.807, 2.05) is 6.92 Å². The molecule has 1 aliphatic heterocycles. The van der Waals surface area contributed by atoms with Gasteiger partial charge in [-0.1, -0.05) is 13.0 Å². The summed E-state index contributed by atoms with van der Waals surface area (Å²) in [5.74, 6) is 0.108. The van der Waals surface area contributed by atoms with E-state index in [1.54, 1.807) is 4.90 Å². The summed E-state index contributed by atoms with van der Waals surface area (Å²) in [6.45, 7) is 2.81. The summed E-state index contributed by atoms with van der Waals surface area (Å²) in [7, 11) is 0. The van der Waals surface area contributed by atoms with Crippen LogP contribution in [0.3, 0.4) is 0 Å². The fraction of sp³-hybridized carbons (Fsp3) is 0.444. The number of aromatic nitrogens is 5. The highest BCUT2D eigenvalue weighted by Gasteiger charge is 2.35. The predicted octanol–water partition coefficient (Wildman–Crippen LogP) is 4.11. The average molecular weight is 412 g/mol. The first kappa shape index (κ1) is 19.5. The zero-order chi connectivity index (χ0) is 20.8. The molecule has 0 radical (unpaired) electrons. The molecule has 1 fully saturated rings. The van der Waals surface area contributed by atoms with Gasteiger partial charge in [-0.05, 0) is 30.5 Å². The van der Waals surface area contributed by atoms with Gasteiger partial charge in [-0.2, -0.15) is 23.3 Å². The lowest BCUT2D eigenvalue weighted by molar-refractivity contribution is -0.141. The zero-order valence-electron chi connectivity index (χ0n) is 15.3. The summed E-state index contributed by atoms with van der Waals surface area (Å²) < 4.78 is 67.1. The summed E-state index contributed by atoms with van der Waals surface area (Å²) in [5, 5.41) is 4.09.